The smallest absolute Gasteiger partial charge is 0.165 e. The van der Waals surface area contributed by atoms with Gasteiger partial charge in [-0.3, -0.25) is 0 Å². The Labute approximate surface area is 127 Å². The van der Waals surface area contributed by atoms with Crippen LogP contribution in [0.3, 0.4) is 0 Å². The van der Waals surface area contributed by atoms with Crippen molar-refractivity contribution in [1.29, 1.82) is 0 Å². The van der Waals surface area contributed by atoms with E-state index in [-0.39, 0.29) is 12.7 Å². The lowest BCUT2D eigenvalue weighted by Gasteiger charge is -2.30. The lowest BCUT2D eigenvalue weighted by atomic mass is 9.92. The van der Waals surface area contributed by atoms with Gasteiger partial charge in [0, 0.05) is 12.0 Å². The van der Waals surface area contributed by atoms with Crippen LogP contribution in [0.15, 0.2) is 12.7 Å². The Kier molecular flexibility index (Phi) is 3.32. The highest BCUT2D eigenvalue weighted by atomic mass is 35.5. The van der Waals surface area contributed by atoms with E-state index in [1.807, 2.05) is 6.33 Å². The maximum Gasteiger partial charge on any atom is 0.165 e. The molecule has 4 rings (SSSR count). The van der Waals surface area contributed by atoms with E-state index < -0.39 is 0 Å². The summed E-state index contributed by atoms with van der Waals surface area (Å²) < 4.78 is 7.93. The summed E-state index contributed by atoms with van der Waals surface area (Å²) in [7, 11) is 0. The molecule has 21 heavy (non-hydrogen) atoms. The molecule has 2 heterocycles. The van der Waals surface area contributed by atoms with Gasteiger partial charge in [-0.2, -0.15) is 0 Å². The Morgan fingerprint density at radius 3 is 3.00 bits per heavy atom. The van der Waals surface area contributed by atoms with Gasteiger partial charge >= 0.3 is 0 Å². The largest absolute Gasteiger partial charge is 0.394 e. The third-order valence-electron chi connectivity index (χ3n) is 4.81. The van der Waals surface area contributed by atoms with Crippen LogP contribution in [0.5, 0.6) is 0 Å². The highest BCUT2D eigenvalue weighted by Crippen LogP contribution is 2.52. The zero-order valence-corrected chi connectivity index (χ0v) is 12.3. The van der Waals surface area contributed by atoms with Crippen LogP contribution in [0, 0.1) is 11.8 Å². The van der Waals surface area contributed by atoms with Crippen molar-refractivity contribution in [3.63, 3.8) is 0 Å². The number of hydrogen-bond acceptors (Lipinski definition) is 5. The van der Waals surface area contributed by atoms with Crippen LogP contribution in [0.1, 0.15) is 25.3 Å². The first-order chi connectivity index (χ1) is 10.3. The first kappa shape index (κ1) is 13.4. The Morgan fingerprint density at radius 2 is 2.19 bits per heavy atom. The van der Waals surface area contributed by atoms with Gasteiger partial charge in [0.1, 0.15) is 11.8 Å². The van der Waals surface area contributed by atoms with Crippen molar-refractivity contribution in [2.75, 3.05) is 13.2 Å². The number of hydrogen-bond donors (Lipinski definition) is 1. The highest BCUT2D eigenvalue weighted by Gasteiger charge is 2.48. The van der Waals surface area contributed by atoms with Crippen LogP contribution < -0.4 is 0 Å². The van der Waals surface area contributed by atoms with Crippen molar-refractivity contribution >= 4 is 22.8 Å². The van der Waals surface area contributed by atoms with Crippen molar-refractivity contribution in [2.24, 2.45) is 11.8 Å². The van der Waals surface area contributed by atoms with Gasteiger partial charge in [-0.05, 0) is 25.2 Å². The van der Waals surface area contributed by atoms with Crippen LogP contribution in [0.25, 0.3) is 11.2 Å². The van der Waals surface area contributed by atoms with Crippen LogP contribution in [0.4, 0.5) is 0 Å². The minimum Gasteiger partial charge on any atom is -0.394 e. The summed E-state index contributed by atoms with van der Waals surface area (Å²) >= 11 is 6.07. The fourth-order valence-electron chi connectivity index (χ4n) is 4.03. The molecule has 0 radical (unpaired) electrons. The standard InChI is InChI=1S/C14H17ClN4O2/c15-13-12-14(17-6-16-13)19(7-18-12)10-4-8-3-9(10)11(5-8)21-2-1-20/h6-11,20H,1-5H2/t8-,9+,10+,11+/m0/s1. The predicted molar refractivity (Wildman–Crippen MR) is 77.0 cm³/mol. The van der Waals surface area contributed by atoms with E-state index in [4.69, 9.17) is 21.4 Å². The number of nitrogens with zero attached hydrogens (tertiary/aromatic N) is 4. The third-order valence-corrected chi connectivity index (χ3v) is 5.09. The maximum atomic E-state index is 8.95. The Hall–Kier alpha value is -1.24. The summed E-state index contributed by atoms with van der Waals surface area (Å²) in [5, 5.41) is 9.34. The number of aliphatic hydroxyl groups excluding tert-OH is 1. The molecule has 6 nitrogen and oxygen atoms in total. The van der Waals surface area contributed by atoms with E-state index in [1.165, 1.54) is 12.7 Å². The van der Waals surface area contributed by atoms with Crippen molar-refractivity contribution < 1.29 is 9.84 Å². The molecular weight excluding hydrogens is 292 g/mol. The fourth-order valence-corrected chi connectivity index (χ4v) is 4.21. The number of aliphatic hydroxyl groups is 1. The van der Waals surface area contributed by atoms with E-state index in [0.29, 0.717) is 35.2 Å². The fraction of sp³-hybridized carbons (Fsp3) is 0.643. The Bertz CT molecular complexity index is 661. The van der Waals surface area contributed by atoms with Gasteiger partial charge in [-0.1, -0.05) is 11.6 Å². The molecule has 112 valence electrons. The number of halogens is 1. The average molecular weight is 309 g/mol. The molecule has 1 N–H and O–H groups in total. The molecule has 2 aromatic rings. The topological polar surface area (TPSA) is 73.1 Å². The zero-order valence-electron chi connectivity index (χ0n) is 11.5. The minimum atomic E-state index is 0.0788. The first-order valence-electron chi connectivity index (χ1n) is 7.33. The second kappa shape index (κ2) is 5.19. The summed E-state index contributed by atoms with van der Waals surface area (Å²) in [4.78, 5) is 12.7. The molecule has 2 bridgehead atoms. The quantitative estimate of drug-likeness (QED) is 0.872. The number of aromatic nitrogens is 4. The molecule has 0 spiro atoms. The molecular formula is C14H17ClN4O2. The van der Waals surface area contributed by atoms with Gasteiger partial charge < -0.3 is 14.4 Å². The van der Waals surface area contributed by atoms with Gasteiger partial charge in [0.25, 0.3) is 0 Å². The molecule has 2 aliphatic carbocycles. The minimum absolute atomic E-state index is 0.0788. The van der Waals surface area contributed by atoms with E-state index in [2.05, 4.69) is 19.5 Å². The lowest BCUT2D eigenvalue weighted by Crippen LogP contribution is -2.30. The number of fused-ring (bicyclic) bond motifs is 3. The SMILES string of the molecule is OCCO[C@@H]1C[C@H]2C[C@@H]1[C@H](n1cnc3c(Cl)ncnc31)C2. The van der Waals surface area contributed by atoms with Gasteiger partial charge in [-0.25, -0.2) is 15.0 Å². The molecule has 0 unspecified atom stereocenters. The monoisotopic (exact) mass is 308 g/mol. The Balaban J connectivity index is 1.65. The van der Waals surface area contributed by atoms with E-state index in [0.717, 1.165) is 18.5 Å². The van der Waals surface area contributed by atoms with Crippen molar-refractivity contribution in [1.82, 2.24) is 19.5 Å². The van der Waals surface area contributed by atoms with Gasteiger partial charge in [0.2, 0.25) is 0 Å². The number of ether oxygens (including phenoxy) is 1. The molecule has 0 aromatic carbocycles. The molecule has 2 aromatic heterocycles. The second-order valence-corrected chi connectivity index (χ2v) is 6.28. The van der Waals surface area contributed by atoms with Gasteiger partial charge in [0.15, 0.2) is 10.8 Å². The molecule has 0 saturated heterocycles. The van der Waals surface area contributed by atoms with Crippen molar-refractivity contribution in [3.8, 4) is 0 Å². The maximum absolute atomic E-state index is 8.95. The summed E-state index contributed by atoms with van der Waals surface area (Å²) in [6.45, 7) is 0.495. The zero-order chi connectivity index (χ0) is 14.4. The summed E-state index contributed by atoms with van der Waals surface area (Å²) in [6.07, 6.45) is 6.95. The predicted octanol–water partition coefficient (Wildman–Crippen LogP) is 1.83. The highest BCUT2D eigenvalue weighted by molar-refractivity contribution is 6.33. The number of imidazole rings is 1. The van der Waals surface area contributed by atoms with E-state index in [9.17, 15) is 0 Å². The molecule has 0 aliphatic heterocycles. The van der Waals surface area contributed by atoms with E-state index >= 15 is 0 Å². The molecule has 0 amide bonds. The summed E-state index contributed by atoms with van der Waals surface area (Å²) in [6, 6.07) is 0.350. The van der Waals surface area contributed by atoms with Crippen molar-refractivity contribution in [3.05, 3.63) is 17.8 Å². The van der Waals surface area contributed by atoms with Crippen LogP contribution in [-0.4, -0.2) is 43.9 Å². The average Bonchev–Trinajstić information content (AvgIpc) is 3.18. The third kappa shape index (κ3) is 2.13. The van der Waals surface area contributed by atoms with Gasteiger partial charge in [-0.15, -0.1) is 0 Å². The molecule has 7 heteroatoms. The first-order valence-corrected chi connectivity index (χ1v) is 7.71. The molecule has 2 fully saturated rings. The lowest BCUT2D eigenvalue weighted by molar-refractivity contribution is -0.0140. The van der Waals surface area contributed by atoms with Crippen molar-refractivity contribution in [2.45, 2.75) is 31.4 Å². The number of rotatable bonds is 4. The second-order valence-electron chi connectivity index (χ2n) is 5.93. The molecule has 4 atom stereocenters. The molecule has 2 aliphatic rings. The normalized spacial score (nSPS) is 31.3. The molecule has 2 saturated carbocycles. The summed E-state index contributed by atoms with van der Waals surface area (Å²) in [5.74, 6) is 1.16. The van der Waals surface area contributed by atoms with Crippen LogP contribution in [-0.2, 0) is 4.74 Å². The Morgan fingerprint density at radius 1 is 1.29 bits per heavy atom. The van der Waals surface area contributed by atoms with E-state index in [1.54, 1.807) is 0 Å². The van der Waals surface area contributed by atoms with Gasteiger partial charge in [0.05, 0.1) is 25.6 Å². The summed E-state index contributed by atoms with van der Waals surface area (Å²) in [5.41, 5.74) is 1.46. The van der Waals surface area contributed by atoms with Crippen LogP contribution >= 0.6 is 11.6 Å². The van der Waals surface area contributed by atoms with Crippen LogP contribution in [0.2, 0.25) is 5.15 Å².